The van der Waals surface area contributed by atoms with E-state index in [0.717, 1.165) is 51.4 Å². The number of rotatable bonds is 12. The molecule has 5 N–H and O–H groups in total. The third-order valence-corrected chi connectivity index (χ3v) is 8.98. The summed E-state index contributed by atoms with van der Waals surface area (Å²) in [5.74, 6) is -2.13. The molecule has 0 heterocycles. The average Bonchev–Trinajstić information content (AvgIpc) is 2.93. The summed E-state index contributed by atoms with van der Waals surface area (Å²) in [6.45, 7) is 1.69. The highest BCUT2D eigenvalue weighted by atomic mass is 16.5. The number of carbonyl (C=O) groups excluding carboxylic acids is 3. The molecule has 0 radical (unpaired) electrons. The highest BCUT2D eigenvalue weighted by Gasteiger charge is 2.37. The van der Waals surface area contributed by atoms with E-state index in [1.165, 1.54) is 19.3 Å². The fraction of sp³-hybridized carbons (Fsp3) is 0.862. The summed E-state index contributed by atoms with van der Waals surface area (Å²) >= 11 is 0. The van der Waals surface area contributed by atoms with E-state index in [9.17, 15) is 24.3 Å². The van der Waals surface area contributed by atoms with Crippen molar-refractivity contribution in [1.82, 2.24) is 21.3 Å². The highest BCUT2D eigenvalue weighted by molar-refractivity contribution is 5.86. The molecule has 11 nitrogen and oxygen atoms in total. The Labute approximate surface area is 238 Å². The molecule has 0 aliphatic heterocycles. The molecule has 0 bridgehead atoms. The molecule has 3 aliphatic rings. The van der Waals surface area contributed by atoms with E-state index in [-0.39, 0.29) is 66.9 Å². The SMILES string of the molecule is COC1CCC([C@H](CC(=O)O)NC(=O)C(C)CC(=O)NC2CCC(NC(=O)NC3CCCCC3)CC2)CC1OC. The number of hydrogen-bond donors (Lipinski definition) is 5. The third kappa shape index (κ3) is 10.2. The van der Waals surface area contributed by atoms with Crippen LogP contribution in [0.3, 0.4) is 0 Å². The van der Waals surface area contributed by atoms with Gasteiger partial charge in [0.2, 0.25) is 11.8 Å². The summed E-state index contributed by atoms with van der Waals surface area (Å²) in [6.07, 6.45) is 10.5. The first-order chi connectivity index (χ1) is 19.2. The molecular weight excluding hydrogens is 516 g/mol. The Balaban J connectivity index is 1.39. The van der Waals surface area contributed by atoms with Gasteiger partial charge in [-0.15, -0.1) is 0 Å². The Bertz CT molecular complexity index is 842. The van der Waals surface area contributed by atoms with E-state index < -0.39 is 17.9 Å². The maximum atomic E-state index is 13.0. The Morgan fingerprint density at radius 3 is 1.90 bits per heavy atom. The lowest BCUT2D eigenvalue weighted by molar-refractivity contribution is -0.139. The molecule has 228 valence electrons. The van der Waals surface area contributed by atoms with Crippen molar-refractivity contribution < 1.29 is 33.8 Å². The van der Waals surface area contributed by atoms with Crippen LogP contribution in [0.25, 0.3) is 0 Å². The summed E-state index contributed by atoms with van der Waals surface area (Å²) in [5, 5.41) is 21.6. The second-order valence-corrected chi connectivity index (χ2v) is 12.0. The van der Waals surface area contributed by atoms with Gasteiger partial charge >= 0.3 is 12.0 Å². The predicted molar refractivity (Wildman–Crippen MR) is 150 cm³/mol. The lowest BCUT2D eigenvalue weighted by atomic mass is 9.79. The van der Waals surface area contributed by atoms with Gasteiger partial charge in [0.1, 0.15) is 0 Å². The fourth-order valence-electron chi connectivity index (χ4n) is 6.56. The first-order valence-corrected chi connectivity index (χ1v) is 15.1. The zero-order chi connectivity index (χ0) is 29.1. The number of urea groups is 1. The molecule has 0 saturated heterocycles. The summed E-state index contributed by atoms with van der Waals surface area (Å²) in [7, 11) is 3.25. The smallest absolute Gasteiger partial charge is 0.315 e. The van der Waals surface area contributed by atoms with Gasteiger partial charge in [0.15, 0.2) is 0 Å². The van der Waals surface area contributed by atoms with E-state index >= 15 is 0 Å². The molecule has 40 heavy (non-hydrogen) atoms. The lowest BCUT2D eigenvalue weighted by Gasteiger charge is -2.38. The topological polar surface area (TPSA) is 155 Å². The molecule has 11 heteroatoms. The first-order valence-electron chi connectivity index (χ1n) is 15.1. The van der Waals surface area contributed by atoms with Crippen molar-refractivity contribution in [3.05, 3.63) is 0 Å². The molecule has 3 fully saturated rings. The van der Waals surface area contributed by atoms with Crippen LogP contribution < -0.4 is 21.3 Å². The number of methoxy groups -OCH3 is 2. The van der Waals surface area contributed by atoms with Crippen LogP contribution in [-0.4, -0.2) is 79.5 Å². The van der Waals surface area contributed by atoms with Gasteiger partial charge in [-0.2, -0.15) is 0 Å². The summed E-state index contributed by atoms with van der Waals surface area (Å²) in [6, 6.07) is -0.238. The lowest BCUT2D eigenvalue weighted by Crippen LogP contribution is -2.50. The molecule has 3 saturated carbocycles. The molecule has 0 spiro atoms. The zero-order valence-corrected chi connectivity index (χ0v) is 24.4. The molecule has 4 unspecified atom stereocenters. The van der Waals surface area contributed by atoms with Gasteiger partial charge in [-0.1, -0.05) is 26.2 Å². The van der Waals surface area contributed by atoms with E-state index in [0.29, 0.717) is 6.42 Å². The molecule has 5 atom stereocenters. The molecule has 3 aliphatic carbocycles. The highest BCUT2D eigenvalue weighted by Crippen LogP contribution is 2.31. The number of hydrogen-bond acceptors (Lipinski definition) is 6. The molecule has 3 rings (SSSR count). The zero-order valence-electron chi connectivity index (χ0n) is 24.4. The largest absolute Gasteiger partial charge is 0.481 e. The third-order valence-electron chi connectivity index (χ3n) is 8.98. The second kappa shape index (κ2) is 16.1. The van der Waals surface area contributed by atoms with Gasteiger partial charge in [0.25, 0.3) is 0 Å². The predicted octanol–water partition coefficient (Wildman–Crippen LogP) is 2.86. The maximum Gasteiger partial charge on any atom is 0.315 e. The number of ether oxygens (including phenoxy) is 2. The Hall–Kier alpha value is -2.40. The first kappa shape index (κ1) is 32.1. The van der Waals surface area contributed by atoms with E-state index in [1.807, 2.05) is 0 Å². The maximum absolute atomic E-state index is 13.0. The van der Waals surface area contributed by atoms with Crippen LogP contribution in [0, 0.1) is 11.8 Å². The minimum Gasteiger partial charge on any atom is -0.481 e. The van der Waals surface area contributed by atoms with Crippen LogP contribution in [0.4, 0.5) is 4.79 Å². The number of carboxylic acid groups (broad SMARTS) is 1. The van der Waals surface area contributed by atoms with Crippen molar-refractivity contribution >= 4 is 23.8 Å². The van der Waals surface area contributed by atoms with Crippen molar-refractivity contribution in [2.45, 2.75) is 133 Å². The van der Waals surface area contributed by atoms with Crippen LogP contribution in [0.1, 0.15) is 96.8 Å². The van der Waals surface area contributed by atoms with Gasteiger partial charge in [-0.3, -0.25) is 14.4 Å². The van der Waals surface area contributed by atoms with Gasteiger partial charge < -0.3 is 35.8 Å². The van der Waals surface area contributed by atoms with Crippen LogP contribution in [0.2, 0.25) is 0 Å². The normalized spacial score (nSPS) is 29.0. The van der Waals surface area contributed by atoms with Crippen molar-refractivity contribution in [1.29, 1.82) is 0 Å². The van der Waals surface area contributed by atoms with Crippen molar-refractivity contribution in [3.8, 4) is 0 Å². The standard InChI is InChI=1S/C29H50N4O7/c1-18(28(37)33-23(17-27(35)36)19-9-14-24(39-2)25(16-19)40-3)15-26(34)30-21-10-12-22(13-11-21)32-29(38)31-20-7-5-4-6-8-20/h18-25H,4-17H2,1-3H3,(H,30,34)(H,33,37)(H,35,36)(H2,31,32,38)/t18?,19?,21?,22?,23-,24?,25?/m0/s1. The monoisotopic (exact) mass is 566 g/mol. The molecular formula is C29H50N4O7. The summed E-state index contributed by atoms with van der Waals surface area (Å²) in [4.78, 5) is 49.6. The van der Waals surface area contributed by atoms with E-state index in [2.05, 4.69) is 21.3 Å². The Morgan fingerprint density at radius 2 is 1.32 bits per heavy atom. The van der Waals surface area contributed by atoms with Crippen LogP contribution in [0.15, 0.2) is 0 Å². The number of carboxylic acids is 1. The molecule has 0 aromatic rings. The number of amides is 4. The summed E-state index contributed by atoms with van der Waals surface area (Å²) in [5.41, 5.74) is 0. The molecule has 4 amide bonds. The fourth-order valence-corrected chi connectivity index (χ4v) is 6.56. The van der Waals surface area contributed by atoms with Gasteiger partial charge in [-0.05, 0) is 63.7 Å². The van der Waals surface area contributed by atoms with Gasteiger partial charge in [0, 0.05) is 50.7 Å². The van der Waals surface area contributed by atoms with Crippen LogP contribution >= 0.6 is 0 Å². The molecule has 0 aromatic heterocycles. The minimum absolute atomic E-state index is 0.0175. The second-order valence-electron chi connectivity index (χ2n) is 12.0. The van der Waals surface area contributed by atoms with E-state index in [4.69, 9.17) is 9.47 Å². The minimum atomic E-state index is -0.977. The number of aliphatic carboxylic acids is 1. The van der Waals surface area contributed by atoms with Crippen LogP contribution in [0.5, 0.6) is 0 Å². The Kier molecular flexibility index (Phi) is 13.0. The number of nitrogens with one attached hydrogen (secondary N) is 4. The average molecular weight is 567 g/mol. The number of carbonyl (C=O) groups is 4. The van der Waals surface area contributed by atoms with Gasteiger partial charge in [-0.25, -0.2) is 4.79 Å². The van der Waals surface area contributed by atoms with Crippen molar-refractivity contribution in [3.63, 3.8) is 0 Å². The van der Waals surface area contributed by atoms with E-state index in [1.54, 1.807) is 21.1 Å². The molecule has 0 aromatic carbocycles. The van der Waals surface area contributed by atoms with Crippen LogP contribution in [-0.2, 0) is 23.9 Å². The Morgan fingerprint density at radius 1 is 0.750 bits per heavy atom. The van der Waals surface area contributed by atoms with Gasteiger partial charge in [0.05, 0.1) is 18.6 Å². The van der Waals surface area contributed by atoms with Crippen molar-refractivity contribution in [2.24, 2.45) is 11.8 Å². The summed E-state index contributed by atoms with van der Waals surface area (Å²) < 4.78 is 11.0. The quantitative estimate of drug-likeness (QED) is 0.243. The van der Waals surface area contributed by atoms with Crippen molar-refractivity contribution in [2.75, 3.05) is 14.2 Å².